The highest BCUT2D eigenvalue weighted by atomic mass is 32.1. The fourth-order valence-electron chi connectivity index (χ4n) is 1.95. The van der Waals surface area contributed by atoms with Crippen molar-refractivity contribution < 1.29 is 27.1 Å². The zero-order valence-electron chi connectivity index (χ0n) is 12.7. The van der Waals surface area contributed by atoms with Gasteiger partial charge in [-0.2, -0.15) is 0 Å². The number of carbonyl (C=O) groups excluding carboxylic acids is 1. The Kier molecular flexibility index (Phi) is 5.71. The highest BCUT2D eigenvalue weighted by molar-refractivity contribution is 7.13. The van der Waals surface area contributed by atoms with Gasteiger partial charge in [-0.1, -0.05) is 16.4 Å². The van der Waals surface area contributed by atoms with Crippen LogP contribution in [0.25, 0.3) is 0 Å². The lowest BCUT2D eigenvalue weighted by Gasteiger charge is -2.27. The summed E-state index contributed by atoms with van der Waals surface area (Å²) < 4.78 is 57.8. The fourth-order valence-corrected chi connectivity index (χ4v) is 2.48. The van der Waals surface area contributed by atoms with Gasteiger partial charge in [0.25, 0.3) is 11.1 Å². The summed E-state index contributed by atoms with van der Waals surface area (Å²) in [4.78, 5) is 13.2. The summed E-state index contributed by atoms with van der Waals surface area (Å²) in [5, 5.41) is 7.07. The number of benzene rings is 1. The Labute approximate surface area is 138 Å². The van der Waals surface area contributed by atoms with Crippen LogP contribution in [0.3, 0.4) is 0 Å². The molecule has 0 unspecified atom stereocenters. The molecule has 1 aromatic carbocycles. The number of carbonyl (C=O) groups is 1. The highest BCUT2D eigenvalue weighted by Crippen LogP contribution is 2.26. The molecule has 0 spiro atoms. The largest absolute Gasteiger partial charge is 0.459 e. The highest BCUT2D eigenvalue weighted by Gasteiger charge is 2.26. The number of halogens is 4. The SMILES string of the molecule is CC(C)N(C(=O)COc1nnc(CF)s1)c1ccc(F)c(F)c1F. The summed E-state index contributed by atoms with van der Waals surface area (Å²) in [6.07, 6.45) is 0. The smallest absolute Gasteiger partial charge is 0.294 e. The molecule has 130 valence electrons. The summed E-state index contributed by atoms with van der Waals surface area (Å²) in [7, 11) is 0. The molecule has 0 bridgehead atoms. The van der Waals surface area contributed by atoms with E-state index in [-0.39, 0.29) is 10.2 Å². The van der Waals surface area contributed by atoms with Crippen molar-refractivity contribution in [3.05, 3.63) is 34.6 Å². The Morgan fingerprint density at radius 1 is 1.25 bits per heavy atom. The maximum Gasteiger partial charge on any atom is 0.294 e. The summed E-state index contributed by atoms with van der Waals surface area (Å²) in [6, 6.07) is 1.16. The summed E-state index contributed by atoms with van der Waals surface area (Å²) in [6.45, 7) is 1.79. The summed E-state index contributed by atoms with van der Waals surface area (Å²) in [5.74, 6) is -5.18. The second kappa shape index (κ2) is 7.56. The first-order valence-electron chi connectivity index (χ1n) is 6.81. The molecule has 0 radical (unpaired) electrons. The van der Waals surface area contributed by atoms with Crippen molar-refractivity contribution in [3.8, 4) is 5.19 Å². The average Bonchev–Trinajstić information content (AvgIpc) is 3.01. The van der Waals surface area contributed by atoms with Gasteiger partial charge in [-0.3, -0.25) is 4.79 Å². The first kappa shape index (κ1) is 18.1. The average molecular weight is 363 g/mol. The number of rotatable bonds is 6. The van der Waals surface area contributed by atoms with Gasteiger partial charge in [-0.25, -0.2) is 17.6 Å². The molecule has 0 saturated heterocycles. The van der Waals surface area contributed by atoms with Gasteiger partial charge < -0.3 is 9.64 Å². The van der Waals surface area contributed by atoms with Gasteiger partial charge in [0.1, 0.15) is 6.67 Å². The third-order valence-electron chi connectivity index (χ3n) is 2.94. The maximum atomic E-state index is 13.9. The molecule has 0 aliphatic rings. The fraction of sp³-hybridized carbons (Fsp3) is 0.357. The normalized spacial score (nSPS) is 11.0. The molecule has 0 aliphatic heterocycles. The van der Waals surface area contributed by atoms with Crippen molar-refractivity contribution >= 4 is 22.9 Å². The van der Waals surface area contributed by atoms with Gasteiger partial charge in [0.15, 0.2) is 29.1 Å². The number of aromatic nitrogens is 2. The van der Waals surface area contributed by atoms with Crippen LogP contribution in [0.5, 0.6) is 5.19 Å². The first-order chi connectivity index (χ1) is 11.3. The van der Waals surface area contributed by atoms with Crippen molar-refractivity contribution in [2.45, 2.75) is 26.6 Å². The topological polar surface area (TPSA) is 55.3 Å². The van der Waals surface area contributed by atoms with E-state index in [1.165, 1.54) is 0 Å². The number of ether oxygens (including phenoxy) is 1. The van der Waals surface area contributed by atoms with E-state index < -0.39 is 48.4 Å². The van der Waals surface area contributed by atoms with Gasteiger partial charge in [0, 0.05) is 6.04 Å². The minimum atomic E-state index is -1.66. The van der Waals surface area contributed by atoms with Crippen molar-refractivity contribution in [2.24, 2.45) is 0 Å². The van der Waals surface area contributed by atoms with Crippen LogP contribution in [0.15, 0.2) is 12.1 Å². The molecule has 10 heteroatoms. The van der Waals surface area contributed by atoms with E-state index in [1.54, 1.807) is 13.8 Å². The maximum absolute atomic E-state index is 13.9. The van der Waals surface area contributed by atoms with Crippen LogP contribution in [0.2, 0.25) is 0 Å². The zero-order valence-corrected chi connectivity index (χ0v) is 13.5. The van der Waals surface area contributed by atoms with Crippen molar-refractivity contribution in [1.29, 1.82) is 0 Å². The van der Waals surface area contributed by atoms with E-state index in [2.05, 4.69) is 10.2 Å². The molecule has 0 fully saturated rings. The number of nitrogens with zero attached hydrogens (tertiary/aromatic N) is 3. The lowest BCUT2D eigenvalue weighted by Crippen LogP contribution is -2.41. The summed E-state index contributed by atoms with van der Waals surface area (Å²) in [5.41, 5.74) is -0.404. The van der Waals surface area contributed by atoms with E-state index in [9.17, 15) is 22.4 Å². The van der Waals surface area contributed by atoms with Crippen LogP contribution >= 0.6 is 11.3 Å². The van der Waals surface area contributed by atoms with Gasteiger partial charge in [0.2, 0.25) is 0 Å². The number of anilines is 1. The number of hydrogen-bond donors (Lipinski definition) is 0. The minimum absolute atomic E-state index is 0.0227. The van der Waals surface area contributed by atoms with Crippen molar-refractivity contribution in [3.63, 3.8) is 0 Å². The van der Waals surface area contributed by atoms with Crippen LogP contribution in [-0.4, -0.2) is 28.8 Å². The monoisotopic (exact) mass is 363 g/mol. The second-order valence-electron chi connectivity index (χ2n) is 4.94. The van der Waals surface area contributed by atoms with Crippen molar-refractivity contribution in [1.82, 2.24) is 10.2 Å². The number of hydrogen-bond acceptors (Lipinski definition) is 5. The van der Waals surface area contributed by atoms with Crippen LogP contribution in [0.4, 0.5) is 23.2 Å². The molecular formula is C14H13F4N3O2S. The number of alkyl halides is 1. The van der Waals surface area contributed by atoms with Gasteiger partial charge in [0.05, 0.1) is 5.69 Å². The zero-order chi connectivity index (χ0) is 17.9. The molecule has 0 N–H and O–H groups in total. The lowest BCUT2D eigenvalue weighted by atomic mass is 10.2. The lowest BCUT2D eigenvalue weighted by molar-refractivity contribution is -0.121. The predicted molar refractivity (Wildman–Crippen MR) is 79.2 cm³/mol. The molecule has 2 aromatic rings. The van der Waals surface area contributed by atoms with Gasteiger partial charge in [-0.05, 0) is 26.0 Å². The van der Waals surface area contributed by atoms with Crippen LogP contribution in [0.1, 0.15) is 18.9 Å². The Morgan fingerprint density at radius 3 is 2.54 bits per heavy atom. The van der Waals surface area contributed by atoms with E-state index in [4.69, 9.17) is 4.74 Å². The summed E-state index contributed by atoms with van der Waals surface area (Å²) >= 11 is 0.824. The Hall–Kier alpha value is -2.23. The van der Waals surface area contributed by atoms with E-state index in [0.29, 0.717) is 0 Å². The number of amides is 1. The van der Waals surface area contributed by atoms with E-state index in [0.717, 1.165) is 28.4 Å². The molecule has 0 atom stereocenters. The quantitative estimate of drug-likeness (QED) is 0.584. The van der Waals surface area contributed by atoms with E-state index in [1.807, 2.05) is 0 Å². The molecule has 5 nitrogen and oxygen atoms in total. The molecule has 0 saturated carbocycles. The third kappa shape index (κ3) is 3.81. The van der Waals surface area contributed by atoms with E-state index >= 15 is 0 Å². The second-order valence-corrected chi connectivity index (χ2v) is 5.96. The van der Waals surface area contributed by atoms with Crippen LogP contribution < -0.4 is 9.64 Å². The standard InChI is InChI=1S/C14H13F4N3O2S/c1-7(2)21(9-4-3-8(16)12(17)13(9)18)11(22)6-23-14-20-19-10(5-15)24-14/h3-4,7H,5-6H2,1-2H3. The molecule has 1 aromatic heterocycles. The van der Waals surface area contributed by atoms with Crippen molar-refractivity contribution in [2.75, 3.05) is 11.5 Å². The molecule has 1 amide bonds. The van der Waals surface area contributed by atoms with Crippen LogP contribution in [-0.2, 0) is 11.5 Å². The molecular weight excluding hydrogens is 350 g/mol. The Balaban J connectivity index is 2.18. The van der Waals surface area contributed by atoms with Gasteiger partial charge in [-0.15, -0.1) is 5.10 Å². The first-order valence-corrected chi connectivity index (χ1v) is 7.63. The Morgan fingerprint density at radius 2 is 1.96 bits per heavy atom. The molecule has 24 heavy (non-hydrogen) atoms. The molecule has 1 heterocycles. The predicted octanol–water partition coefficient (Wildman–Crippen LogP) is 3.25. The van der Waals surface area contributed by atoms with Gasteiger partial charge >= 0.3 is 0 Å². The Bertz CT molecular complexity index is 739. The third-order valence-corrected chi connectivity index (χ3v) is 3.74. The minimum Gasteiger partial charge on any atom is -0.459 e. The van der Waals surface area contributed by atoms with Crippen LogP contribution in [0, 0.1) is 17.5 Å². The molecule has 0 aliphatic carbocycles. The molecule has 2 rings (SSSR count).